The molecule has 3 heterocycles. The predicted molar refractivity (Wildman–Crippen MR) is 113 cm³/mol. The van der Waals surface area contributed by atoms with Crippen molar-refractivity contribution in [2.75, 3.05) is 18.1 Å². The van der Waals surface area contributed by atoms with Gasteiger partial charge in [0, 0.05) is 18.0 Å². The monoisotopic (exact) mass is 487 g/mol. The van der Waals surface area contributed by atoms with E-state index in [0.717, 1.165) is 18.2 Å². The Morgan fingerprint density at radius 3 is 2.64 bits per heavy atom. The Balaban J connectivity index is 1.63. The van der Waals surface area contributed by atoms with Crippen LogP contribution in [0.2, 0.25) is 0 Å². The van der Waals surface area contributed by atoms with Gasteiger partial charge in [0.05, 0.1) is 28.7 Å². The van der Waals surface area contributed by atoms with Gasteiger partial charge in [-0.1, -0.05) is 0 Å². The van der Waals surface area contributed by atoms with Crippen molar-refractivity contribution in [3.05, 3.63) is 29.7 Å². The molecule has 180 valence electrons. The third-order valence-corrected chi connectivity index (χ3v) is 7.76. The minimum atomic E-state index is -3.13. The second-order valence-electron chi connectivity index (χ2n) is 8.98. The number of alkyl halides is 2. The Labute approximate surface area is 189 Å². The third kappa shape index (κ3) is 4.66. The first-order chi connectivity index (χ1) is 15.4. The van der Waals surface area contributed by atoms with Crippen LogP contribution in [0, 0.1) is 11.7 Å². The fraction of sp³-hybridized carbons (Fsp3) is 0.524. The minimum Gasteiger partial charge on any atom is -0.488 e. The number of aromatic nitrogens is 2. The lowest BCUT2D eigenvalue weighted by molar-refractivity contribution is -0.127. The molecule has 2 aliphatic rings. The molecule has 2 aliphatic heterocycles. The van der Waals surface area contributed by atoms with Gasteiger partial charge in [-0.15, -0.1) is 0 Å². The molecule has 0 radical (unpaired) electrons. The molecule has 1 fully saturated rings. The maximum Gasteiger partial charge on any atom is 0.387 e. The first-order valence-corrected chi connectivity index (χ1v) is 12.2. The molecule has 8 nitrogen and oxygen atoms in total. The van der Waals surface area contributed by atoms with Gasteiger partial charge in [-0.05, 0) is 39.0 Å². The molecular weight excluding hydrogens is 463 g/mol. The fourth-order valence-corrected chi connectivity index (χ4v) is 6.30. The topological polar surface area (TPSA) is 99.5 Å². The van der Waals surface area contributed by atoms with E-state index in [9.17, 15) is 26.4 Å². The number of rotatable bonds is 6. The van der Waals surface area contributed by atoms with E-state index in [1.807, 2.05) is 13.8 Å². The van der Waals surface area contributed by atoms with Crippen molar-refractivity contribution >= 4 is 15.7 Å². The lowest BCUT2D eigenvalue weighted by Crippen LogP contribution is -2.64. The summed E-state index contributed by atoms with van der Waals surface area (Å²) < 4.78 is 74.7. The molecule has 2 aromatic rings. The lowest BCUT2D eigenvalue weighted by Gasteiger charge is -2.39. The summed E-state index contributed by atoms with van der Waals surface area (Å²) in [6, 6.07) is 3.09. The summed E-state index contributed by atoms with van der Waals surface area (Å²) in [6.07, 6.45) is 0.240. The van der Waals surface area contributed by atoms with Gasteiger partial charge in [-0.25, -0.2) is 12.8 Å². The van der Waals surface area contributed by atoms with E-state index in [0.29, 0.717) is 5.69 Å². The van der Waals surface area contributed by atoms with Crippen LogP contribution in [0.3, 0.4) is 0 Å². The molecule has 0 spiro atoms. The van der Waals surface area contributed by atoms with Crippen molar-refractivity contribution in [2.45, 2.75) is 45.4 Å². The van der Waals surface area contributed by atoms with Crippen LogP contribution < -0.4 is 14.8 Å². The molecule has 1 aromatic carbocycles. The van der Waals surface area contributed by atoms with Crippen molar-refractivity contribution < 1.29 is 35.9 Å². The molecule has 1 unspecified atom stereocenters. The van der Waals surface area contributed by atoms with E-state index in [1.165, 1.54) is 0 Å². The number of nitrogens with one attached hydrogen (secondary N) is 1. The van der Waals surface area contributed by atoms with E-state index in [-0.39, 0.29) is 59.2 Å². The maximum absolute atomic E-state index is 14.6. The second kappa shape index (κ2) is 8.23. The number of nitrogens with zero attached hydrogens (tertiary/aromatic N) is 2. The molecule has 1 saturated heterocycles. The van der Waals surface area contributed by atoms with Crippen molar-refractivity contribution in [3.63, 3.8) is 0 Å². The molecule has 4 rings (SSSR count). The number of ether oxygens (including phenoxy) is 2. The van der Waals surface area contributed by atoms with Gasteiger partial charge in [0.1, 0.15) is 23.9 Å². The van der Waals surface area contributed by atoms with Gasteiger partial charge < -0.3 is 14.8 Å². The SMILES string of the molecule is CC(C)n1nc(-c2cc(OC(F)F)ccc2F)c2c1CC(C(=O)NC1(C)CS(=O)(=O)C1)CO2. The van der Waals surface area contributed by atoms with E-state index in [4.69, 9.17) is 4.74 Å². The summed E-state index contributed by atoms with van der Waals surface area (Å²) in [5.41, 5.74) is -0.170. The van der Waals surface area contributed by atoms with Gasteiger partial charge in [0.15, 0.2) is 15.6 Å². The van der Waals surface area contributed by atoms with Crippen LogP contribution in [0.25, 0.3) is 11.3 Å². The number of sulfone groups is 1. The summed E-state index contributed by atoms with van der Waals surface area (Å²) in [7, 11) is -3.13. The van der Waals surface area contributed by atoms with Gasteiger partial charge in [-0.2, -0.15) is 13.9 Å². The van der Waals surface area contributed by atoms with Gasteiger partial charge in [0.25, 0.3) is 0 Å². The smallest absolute Gasteiger partial charge is 0.387 e. The standard InChI is InChI=1S/C21H24F3N3O5S/c1-11(2)27-16-6-12(19(28)25-21(3)9-33(29,30)10-21)8-31-18(16)17(26-27)14-7-13(32-20(23)24)4-5-15(14)22/h4-5,7,11-12,20H,6,8-10H2,1-3H3,(H,25,28). The van der Waals surface area contributed by atoms with Crippen molar-refractivity contribution in [1.82, 2.24) is 15.1 Å². The highest BCUT2D eigenvalue weighted by atomic mass is 32.2. The quantitative estimate of drug-likeness (QED) is 0.673. The molecule has 12 heteroatoms. The normalized spacial score (nSPS) is 20.7. The van der Waals surface area contributed by atoms with E-state index in [2.05, 4.69) is 15.2 Å². The van der Waals surface area contributed by atoms with E-state index < -0.39 is 33.7 Å². The number of benzene rings is 1. The Hall–Kier alpha value is -2.76. The van der Waals surface area contributed by atoms with Gasteiger partial charge in [-0.3, -0.25) is 9.48 Å². The summed E-state index contributed by atoms with van der Waals surface area (Å²) >= 11 is 0. The number of carbonyl (C=O) groups excluding carboxylic acids is 1. The molecule has 0 aliphatic carbocycles. The Morgan fingerprint density at radius 1 is 1.33 bits per heavy atom. The summed E-state index contributed by atoms with van der Waals surface area (Å²) in [4.78, 5) is 12.8. The molecular formula is C21H24F3N3O5S. The highest BCUT2D eigenvalue weighted by molar-refractivity contribution is 7.93. The van der Waals surface area contributed by atoms with Crippen LogP contribution in [0.5, 0.6) is 11.5 Å². The first-order valence-electron chi connectivity index (χ1n) is 10.4. The average Bonchev–Trinajstić information content (AvgIpc) is 3.06. The van der Waals surface area contributed by atoms with Gasteiger partial charge >= 0.3 is 6.61 Å². The highest BCUT2D eigenvalue weighted by Crippen LogP contribution is 2.40. The zero-order valence-electron chi connectivity index (χ0n) is 18.3. The third-order valence-electron chi connectivity index (χ3n) is 5.61. The van der Waals surface area contributed by atoms with Crippen LogP contribution in [-0.4, -0.2) is 54.4 Å². The van der Waals surface area contributed by atoms with Crippen LogP contribution in [0.1, 0.15) is 32.5 Å². The van der Waals surface area contributed by atoms with E-state index >= 15 is 0 Å². The average molecular weight is 488 g/mol. The molecule has 1 N–H and O–H groups in total. The number of hydrogen-bond acceptors (Lipinski definition) is 6. The van der Waals surface area contributed by atoms with Gasteiger partial charge in [0.2, 0.25) is 5.91 Å². The largest absolute Gasteiger partial charge is 0.488 e. The Bertz CT molecular complexity index is 1180. The number of amides is 1. The van der Waals surface area contributed by atoms with Crippen LogP contribution in [0.4, 0.5) is 13.2 Å². The number of halogens is 3. The number of hydrogen-bond donors (Lipinski definition) is 1. The highest BCUT2D eigenvalue weighted by Gasteiger charge is 2.47. The summed E-state index contributed by atoms with van der Waals surface area (Å²) in [6.45, 7) is 2.30. The zero-order chi connectivity index (χ0) is 24.1. The minimum absolute atomic E-state index is 0.0205. The van der Waals surface area contributed by atoms with Crippen LogP contribution in [0.15, 0.2) is 18.2 Å². The predicted octanol–water partition coefficient (Wildman–Crippen LogP) is 2.73. The molecule has 1 atom stereocenters. The fourth-order valence-electron chi connectivity index (χ4n) is 4.30. The second-order valence-corrected chi connectivity index (χ2v) is 11.0. The molecule has 1 aromatic heterocycles. The molecule has 33 heavy (non-hydrogen) atoms. The molecule has 0 saturated carbocycles. The molecule has 1 amide bonds. The first kappa shape index (κ1) is 23.4. The van der Waals surface area contributed by atoms with E-state index in [1.54, 1.807) is 11.6 Å². The summed E-state index contributed by atoms with van der Waals surface area (Å²) in [5, 5.41) is 7.25. The van der Waals surface area contributed by atoms with Crippen molar-refractivity contribution in [1.29, 1.82) is 0 Å². The summed E-state index contributed by atoms with van der Waals surface area (Å²) in [5.74, 6) is -1.79. The maximum atomic E-state index is 14.6. The number of fused-ring (bicyclic) bond motifs is 1. The van der Waals surface area contributed by atoms with Crippen LogP contribution >= 0.6 is 0 Å². The van der Waals surface area contributed by atoms with Crippen LogP contribution in [-0.2, 0) is 21.1 Å². The number of carbonyl (C=O) groups is 1. The van der Waals surface area contributed by atoms with Crippen molar-refractivity contribution in [3.8, 4) is 22.8 Å². The lowest BCUT2D eigenvalue weighted by atomic mass is 9.96. The Morgan fingerprint density at radius 2 is 2.03 bits per heavy atom. The molecule has 0 bridgehead atoms. The zero-order valence-corrected chi connectivity index (χ0v) is 19.1. The van der Waals surface area contributed by atoms with Crippen molar-refractivity contribution in [2.24, 2.45) is 5.92 Å². The Kier molecular flexibility index (Phi) is 5.83.